The van der Waals surface area contributed by atoms with Gasteiger partial charge in [0, 0.05) is 12.5 Å². The molecule has 1 unspecified atom stereocenters. The predicted molar refractivity (Wildman–Crippen MR) is 120 cm³/mol. The quantitative estimate of drug-likeness (QED) is 0.345. The van der Waals surface area contributed by atoms with E-state index in [4.69, 9.17) is 4.74 Å². The van der Waals surface area contributed by atoms with Crippen LogP contribution in [-0.2, 0) is 16.6 Å². The van der Waals surface area contributed by atoms with Crippen LogP contribution in [0.1, 0.15) is 80.3 Å². The number of hydrogen-bond acceptors (Lipinski definition) is 3. The highest BCUT2D eigenvalue weighted by Gasteiger charge is 2.23. The minimum atomic E-state index is -0.469. The zero-order valence-electron chi connectivity index (χ0n) is 18.8. The SMILES string of the molecule is C=CC(=O)Oc1c(Cc2cc(C)cc(C(C)(C)C)c2O)cc(C)cc1C(C)CC. The fraction of sp³-hybridized carbons (Fsp3) is 0.423. The number of esters is 1. The fourth-order valence-corrected chi connectivity index (χ4v) is 3.63. The van der Waals surface area contributed by atoms with E-state index < -0.39 is 5.97 Å². The summed E-state index contributed by atoms with van der Waals surface area (Å²) < 4.78 is 5.71. The molecule has 3 heteroatoms. The van der Waals surface area contributed by atoms with Gasteiger partial charge in [-0.15, -0.1) is 0 Å². The molecule has 0 fully saturated rings. The molecule has 0 aliphatic heterocycles. The van der Waals surface area contributed by atoms with E-state index >= 15 is 0 Å². The van der Waals surface area contributed by atoms with E-state index in [0.717, 1.165) is 39.8 Å². The lowest BCUT2D eigenvalue weighted by Crippen LogP contribution is -2.13. The second-order valence-electron chi connectivity index (χ2n) is 9.02. The van der Waals surface area contributed by atoms with Gasteiger partial charge >= 0.3 is 5.97 Å². The Labute approximate surface area is 175 Å². The van der Waals surface area contributed by atoms with Crippen LogP contribution in [0, 0.1) is 13.8 Å². The van der Waals surface area contributed by atoms with Crippen LogP contribution >= 0.6 is 0 Å². The van der Waals surface area contributed by atoms with E-state index in [1.54, 1.807) is 0 Å². The maximum Gasteiger partial charge on any atom is 0.335 e. The second kappa shape index (κ2) is 8.86. The lowest BCUT2D eigenvalue weighted by molar-refractivity contribution is -0.129. The van der Waals surface area contributed by atoms with Gasteiger partial charge in [-0.3, -0.25) is 0 Å². The normalized spacial score (nSPS) is 12.5. The Morgan fingerprint density at radius 1 is 1.14 bits per heavy atom. The van der Waals surface area contributed by atoms with E-state index in [1.165, 1.54) is 6.08 Å². The number of rotatable bonds is 6. The smallest absolute Gasteiger partial charge is 0.335 e. The van der Waals surface area contributed by atoms with Gasteiger partial charge < -0.3 is 9.84 Å². The molecule has 1 N–H and O–H groups in total. The summed E-state index contributed by atoms with van der Waals surface area (Å²) in [7, 11) is 0. The zero-order valence-corrected chi connectivity index (χ0v) is 18.8. The number of carbonyl (C=O) groups is 1. The van der Waals surface area contributed by atoms with Gasteiger partial charge in [0.05, 0.1) is 0 Å². The molecule has 0 spiro atoms. The van der Waals surface area contributed by atoms with Gasteiger partial charge in [0.25, 0.3) is 0 Å². The Morgan fingerprint density at radius 2 is 1.72 bits per heavy atom. The molecule has 2 rings (SSSR count). The third-order valence-electron chi connectivity index (χ3n) is 5.37. The van der Waals surface area contributed by atoms with Gasteiger partial charge in [0.2, 0.25) is 0 Å². The molecular weight excluding hydrogens is 360 g/mol. The monoisotopic (exact) mass is 394 g/mol. The molecule has 0 amide bonds. The molecule has 0 aliphatic rings. The Balaban J connectivity index is 2.66. The van der Waals surface area contributed by atoms with Gasteiger partial charge in [-0.2, -0.15) is 0 Å². The summed E-state index contributed by atoms with van der Waals surface area (Å²) in [5.41, 5.74) is 5.71. The molecule has 29 heavy (non-hydrogen) atoms. The molecule has 0 saturated carbocycles. The van der Waals surface area contributed by atoms with E-state index in [-0.39, 0.29) is 11.3 Å². The number of hydrogen-bond donors (Lipinski definition) is 1. The van der Waals surface area contributed by atoms with Crippen LogP contribution in [-0.4, -0.2) is 11.1 Å². The number of carbonyl (C=O) groups excluding carboxylic acids is 1. The van der Waals surface area contributed by atoms with Crippen LogP contribution < -0.4 is 4.74 Å². The van der Waals surface area contributed by atoms with Gasteiger partial charge in [0.15, 0.2) is 0 Å². The average molecular weight is 395 g/mol. The fourth-order valence-electron chi connectivity index (χ4n) is 3.63. The van der Waals surface area contributed by atoms with Crippen molar-refractivity contribution in [2.75, 3.05) is 0 Å². The molecule has 0 heterocycles. The number of phenolic OH excluding ortho intramolecular Hbond substituents is 1. The van der Waals surface area contributed by atoms with Crippen molar-refractivity contribution in [2.45, 2.75) is 72.6 Å². The van der Waals surface area contributed by atoms with Crippen LogP contribution in [0.15, 0.2) is 36.9 Å². The summed E-state index contributed by atoms with van der Waals surface area (Å²) in [5.74, 6) is 0.685. The molecule has 3 nitrogen and oxygen atoms in total. The molecule has 2 aromatic carbocycles. The summed E-state index contributed by atoms with van der Waals surface area (Å²) >= 11 is 0. The average Bonchev–Trinajstić information content (AvgIpc) is 2.64. The maximum atomic E-state index is 12.1. The molecule has 0 saturated heterocycles. The van der Waals surface area contributed by atoms with Crippen LogP contribution in [0.4, 0.5) is 0 Å². The number of benzene rings is 2. The molecule has 2 aromatic rings. The molecule has 0 aromatic heterocycles. The van der Waals surface area contributed by atoms with Crippen molar-refractivity contribution in [3.63, 3.8) is 0 Å². The van der Waals surface area contributed by atoms with E-state index in [9.17, 15) is 9.90 Å². The highest BCUT2D eigenvalue weighted by atomic mass is 16.5. The minimum Gasteiger partial charge on any atom is -0.507 e. The van der Waals surface area contributed by atoms with Crippen molar-refractivity contribution < 1.29 is 14.6 Å². The number of ether oxygens (including phenoxy) is 1. The largest absolute Gasteiger partial charge is 0.507 e. The number of aromatic hydroxyl groups is 1. The Hall–Kier alpha value is -2.55. The van der Waals surface area contributed by atoms with Crippen LogP contribution in [0.3, 0.4) is 0 Å². The number of aryl methyl sites for hydroxylation is 2. The summed E-state index contributed by atoms with van der Waals surface area (Å²) in [6.45, 7) is 18.1. The summed E-state index contributed by atoms with van der Waals surface area (Å²) in [6, 6.07) is 8.17. The maximum absolute atomic E-state index is 12.1. The van der Waals surface area contributed by atoms with Gasteiger partial charge in [-0.25, -0.2) is 4.79 Å². The summed E-state index contributed by atoms with van der Waals surface area (Å²) in [4.78, 5) is 12.1. The molecule has 0 radical (unpaired) electrons. The topological polar surface area (TPSA) is 46.5 Å². The first kappa shape index (κ1) is 22.7. The third kappa shape index (κ3) is 5.29. The molecule has 1 atom stereocenters. The highest BCUT2D eigenvalue weighted by molar-refractivity contribution is 5.84. The van der Waals surface area contributed by atoms with Crippen molar-refractivity contribution in [2.24, 2.45) is 0 Å². The lowest BCUT2D eigenvalue weighted by Gasteiger charge is -2.24. The van der Waals surface area contributed by atoms with Crippen LogP contribution in [0.2, 0.25) is 0 Å². The first-order chi connectivity index (χ1) is 13.5. The zero-order chi connectivity index (χ0) is 21.9. The van der Waals surface area contributed by atoms with Crippen LogP contribution in [0.25, 0.3) is 0 Å². The van der Waals surface area contributed by atoms with Crippen molar-refractivity contribution in [1.82, 2.24) is 0 Å². The Bertz CT molecular complexity index is 917. The van der Waals surface area contributed by atoms with E-state index in [1.807, 2.05) is 32.0 Å². The van der Waals surface area contributed by atoms with Crippen molar-refractivity contribution in [3.05, 3.63) is 70.3 Å². The predicted octanol–water partition coefficient (Wildman–Crippen LogP) is 6.50. The lowest BCUT2D eigenvalue weighted by atomic mass is 9.83. The molecule has 156 valence electrons. The first-order valence-corrected chi connectivity index (χ1v) is 10.3. The van der Waals surface area contributed by atoms with Crippen LogP contribution in [0.5, 0.6) is 11.5 Å². The molecule has 0 bridgehead atoms. The molecular formula is C26H34O3. The minimum absolute atomic E-state index is 0.169. The van der Waals surface area contributed by atoms with Gasteiger partial charge in [-0.1, -0.05) is 76.6 Å². The van der Waals surface area contributed by atoms with E-state index in [0.29, 0.717) is 17.9 Å². The van der Waals surface area contributed by atoms with Crippen molar-refractivity contribution >= 4 is 5.97 Å². The third-order valence-corrected chi connectivity index (χ3v) is 5.37. The Morgan fingerprint density at radius 3 is 2.28 bits per heavy atom. The summed E-state index contributed by atoms with van der Waals surface area (Å²) in [5, 5.41) is 11.0. The van der Waals surface area contributed by atoms with Gasteiger partial charge in [0.1, 0.15) is 11.5 Å². The van der Waals surface area contributed by atoms with Crippen molar-refractivity contribution in [1.29, 1.82) is 0 Å². The first-order valence-electron chi connectivity index (χ1n) is 10.3. The standard InChI is InChI=1S/C26H34O3/c1-9-18(5)21-13-16(3)12-20(25(21)29-23(27)10-2)15-19-11-17(4)14-22(24(19)28)26(6,7)8/h10-14,18,28H,2,9,15H2,1,3-8H3. The van der Waals surface area contributed by atoms with Gasteiger partial charge in [-0.05, 0) is 53.9 Å². The van der Waals surface area contributed by atoms with Crippen molar-refractivity contribution in [3.8, 4) is 11.5 Å². The number of phenols is 1. The highest BCUT2D eigenvalue weighted by Crippen LogP contribution is 2.39. The molecule has 0 aliphatic carbocycles. The van der Waals surface area contributed by atoms with E-state index in [2.05, 4.69) is 47.3 Å². The summed E-state index contributed by atoms with van der Waals surface area (Å²) in [6.07, 6.45) is 2.61. The second-order valence-corrected chi connectivity index (χ2v) is 9.02. The Kier molecular flexibility index (Phi) is 6.94.